The van der Waals surface area contributed by atoms with Crippen LogP contribution in [0.1, 0.15) is 71.2 Å². The van der Waals surface area contributed by atoms with Gasteiger partial charge in [-0.2, -0.15) is 0 Å². The van der Waals surface area contributed by atoms with Gasteiger partial charge in [0.2, 0.25) is 0 Å². The number of esters is 1. The van der Waals surface area contributed by atoms with Crippen LogP contribution in [0, 0.1) is 11.3 Å². The normalized spacial score (nSPS) is 25.8. The van der Waals surface area contributed by atoms with E-state index in [1.54, 1.807) is 26.4 Å². The summed E-state index contributed by atoms with van der Waals surface area (Å²) in [5.74, 6) is -1.77. The molecule has 0 aliphatic carbocycles. The summed E-state index contributed by atoms with van der Waals surface area (Å²) >= 11 is 0. The van der Waals surface area contributed by atoms with E-state index in [0.717, 1.165) is 0 Å². The quantitative estimate of drug-likeness (QED) is 0.0434. The lowest BCUT2D eigenvalue weighted by atomic mass is 9.72. The minimum atomic E-state index is -2.83. The molecule has 1 spiro atoms. The van der Waals surface area contributed by atoms with Gasteiger partial charge in [0.25, 0.3) is 8.32 Å². The molecule has 2 fully saturated rings. The smallest absolute Gasteiger partial charge is 0.338 e. The number of ether oxygens (including phenoxy) is 7. The van der Waals surface area contributed by atoms with Gasteiger partial charge in [-0.1, -0.05) is 126 Å². The monoisotopic (exact) mass is 774 g/mol. The van der Waals surface area contributed by atoms with E-state index in [-0.39, 0.29) is 29.8 Å². The maximum atomic E-state index is 13.7. The van der Waals surface area contributed by atoms with E-state index >= 15 is 0 Å². The van der Waals surface area contributed by atoms with E-state index < -0.39 is 43.9 Å². The van der Waals surface area contributed by atoms with Crippen LogP contribution in [0.5, 0.6) is 0 Å². The highest BCUT2D eigenvalue weighted by Crippen LogP contribution is 2.56. The lowest BCUT2D eigenvalue weighted by Crippen LogP contribution is -2.66. The molecule has 0 unspecified atom stereocenters. The first-order valence-corrected chi connectivity index (χ1v) is 21.4. The first kappa shape index (κ1) is 42.9. The van der Waals surface area contributed by atoms with Gasteiger partial charge in [0.1, 0.15) is 19.0 Å². The third-order valence-corrected chi connectivity index (χ3v) is 16.6. The third-order valence-electron chi connectivity index (χ3n) is 11.5. The van der Waals surface area contributed by atoms with Gasteiger partial charge in [0, 0.05) is 38.6 Å². The predicted octanol–water partition coefficient (Wildman–Crippen LogP) is 7.32. The average molecular weight is 775 g/mol. The molecule has 2 saturated heterocycles. The van der Waals surface area contributed by atoms with Crippen LogP contribution in [0.2, 0.25) is 5.04 Å². The maximum Gasteiger partial charge on any atom is 0.338 e. The lowest BCUT2D eigenvalue weighted by Gasteiger charge is -2.51. The molecule has 0 bridgehead atoms. The fourth-order valence-corrected chi connectivity index (χ4v) is 13.0. The van der Waals surface area contributed by atoms with Crippen molar-refractivity contribution in [1.29, 1.82) is 0 Å². The molecular formula is C45H62O9Si. The second-order valence-electron chi connectivity index (χ2n) is 16.3. The third kappa shape index (κ3) is 9.18. The summed E-state index contributed by atoms with van der Waals surface area (Å²) in [5, 5.41) is 2.23. The molecule has 0 radical (unpaired) electrons. The van der Waals surface area contributed by atoms with Gasteiger partial charge < -0.3 is 37.6 Å². The van der Waals surface area contributed by atoms with E-state index in [4.69, 9.17) is 37.6 Å². The zero-order chi connectivity index (χ0) is 39.7. The molecule has 0 aromatic heterocycles. The maximum absolute atomic E-state index is 13.7. The molecule has 0 saturated carbocycles. The van der Waals surface area contributed by atoms with Crippen molar-refractivity contribution in [2.24, 2.45) is 11.3 Å². The minimum Gasteiger partial charge on any atom is -0.458 e. The fraction of sp³-hybridized carbons (Fsp3) is 0.533. The first-order valence-electron chi connectivity index (χ1n) is 19.5. The molecular weight excluding hydrogens is 713 g/mol. The van der Waals surface area contributed by atoms with E-state index in [9.17, 15) is 4.79 Å². The highest BCUT2D eigenvalue weighted by Gasteiger charge is 2.67. The van der Waals surface area contributed by atoms with Gasteiger partial charge >= 0.3 is 5.97 Å². The van der Waals surface area contributed by atoms with Crippen molar-refractivity contribution in [3.05, 3.63) is 109 Å². The summed E-state index contributed by atoms with van der Waals surface area (Å²) in [6, 6.07) is 30.4. The van der Waals surface area contributed by atoms with Crippen LogP contribution in [0.15, 0.2) is 104 Å². The Hall–Kier alpha value is -3.19. The lowest BCUT2D eigenvalue weighted by molar-refractivity contribution is -0.335. The van der Waals surface area contributed by atoms with Crippen molar-refractivity contribution in [1.82, 2.24) is 0 Å². The Kier molecular flexibility index (Phi) is 14.7. The van der Waals surface area contributed by atoms with Crippen molar-refractivity contribution in [3.8, 4) is 0 Å². The Morgan fingerprint density at radius 2 is 1.51 bits per heavy atom. The molecule has 0 N–H and O–H groups in total. The van der Waals surface area contributed by atoms with Crippen LogP contribution >= 0.6 is 0 Å². The summed E-state index contributed by atoms with van der Waals surface area (Å²) in [5.41, 5.74) is -0.249. The molecule has 55 heavy (non-hydrogen) atoms. The molecule has 3 aromatic carbocycles. The Morgan fingerprint density at radius 3 is 2.05 bits per heavy atom. The van der Waals surface area contributed by atoms with Crippen LogP contribution in [-0.2, 0) is 37.6 Å². The Bertz CT molecular complexity index is 1590. The summed E-state index contributed by atoms with van der Waals surface area (Å²) in [7, 11) is 0.473. The number of carbonyl (C=O) groups excluding carboxylic acids is 1. The number of hydrogen-bond acceptors (Lipinski definition) is 9. The molecule has 3 aromatic rings. The number of carbonyl (C=O) groups is 1. The average Bonchev–Trinajstić information content (AvgIpc) is 3.38. The van der Waals surface area contributed by atoms with E-state index in [2.05, 4.69) is 96.7 Å². The molecule has 10 heteroatoms. The van der Waals surface area contributed by atoms with Crippen LogP contribution in [-0.4, -0.2) is 91.4 Å². The molecule has 7 atom stereocenters. The van der Waals surface area contributed by atoms with Gasteiger partial charge in [0.05, 0.1) is 37.1 Å². The van der Waals surface area contributed by atoms with E-state index in [1.165, 1.54) is 10.4 Å². The Balaban J connectivity index is 1.50. The number of rotatable bonds is 18. The van der Waals surface area contributed by atoms with Gasteiger partial charge in [-0.15, -0.1) is 6.58 Å². The summed E-state index contributed by atoms with van der Waals surface area (Å²) in [6.45, 7) is 18.4. The van der Waals surface area contributed by atoms with Crippen LogP contribution in [0.4, 0.5) is 0 Å². The standard InChI is InChI=1S/C45H62O9Si/c1-10-20-38(48-9)40-41(50-32-49-30-29-47-8)44(6,7)45(54-40)31-39(52-42(46)34-21-14-11-15-22-34)33(2)37(53-45)27-28-51-55(43(3,4)5,35-23-16-12-17-24-35)36-25-18-13-19-26-36/h10-19,21-26,33,37-41H,1,20,27-32H2,2-9H3/t33-,37+,38+,39-,40-,41+,45-/m1/s1. The first-order chi connectivity index (χ1) is 26.3. The number of benzene rings is 3. The fourth-order valence-electron chi connectivity index (χ4n) is 8.41. The molecule has 2 heterocycles. The molecule has 2 aliphatic heterocycles. The zero-order valence-electron chi connectivity index (χ0n) is 34.0. The summed E-state index contributed by atoms with van der Waals surface area (Å²) in [4.78, 5) is 13.7. The molecule has 5 rings (SSSR count). The van der Waals surface area contributed by atoms with E-state index in [1.807, 2.05) is 36.4 Å². The van der Waals surface area contributed by atoms with Crippen LogP contribution < -0.4 is 10.4 Å². The molecule has 300 valence electrons. The van der Waals surface area contributed by atoms with Crippen LogP contribution in [0.3, 0.4) is 0 Å². The number of methoxy groups -OCH3 is 2. The van der Waals surface area contributed by atoms with Crippen molar-refractivity contribution >= 4 is 24.7 Å². The van der Waals surface area contributed by atoms with Gasteiger partial charge in [-0.25, -0.2) is 4.79 Å². The molecule has 2 aliphatic rings. The van der Waals surface area contributed by atoms with Crippen molar-refractivity contribution in [2.45, 2.75) is 102 Å². The Labute approximate surface area is 329 Å². The second kappa shape index (κ2) is 18.8. The summed E-state index contributed by atoms with van der Waals surface area (Å²) < 4.78 is 51.6. The molecule has 0 amide bonds. The second-order valence-corrected chi connectivity index (χ2v) is 20.6. The summed E-state index contributed by atoms with van der Waals surface area (Å²) in [6.07, 6.45) is 0.890. The van der Waals surface area contributed by atoms with Crippen molar-refractivity contribution < 1.29 is 42.4 Å². The minimum absolute atomic E-state index is 0.0382. The highest BCUT2D eigenvalue weighted by molar-refractivity contribution is 6.99. The zero-order valence-corrected chi connectivity index (χ0v) is 35.0. The van der Waals surface area contributed by atoms with E-state index in [0.29, 0.717) is 44.6 Å². The Morgan fingerprint density at radius 1 is 0.909 bits per heavy atom. The molecule has 9 nitrogen and oxygen atoms in total. The highest BCUT2D eigenvalue weighted by atomic mass is 28.4. The van der Waals surface area contributed by atoms with Gasteiger partial charge in [-0.3, -0.25) is 0 Å². The van der Waals surface area contributed by atoms with Crippen molar-refractivity contribution in [3.63, 3.8) is 0 Å². The van der Waals surface area contributed by atoms with Gasteiger partial charge in [-0.05, 0) is 40.4 Å². The number of hydrogen-bond donors (Lipinski definition) is 0. The predicted molar refractivity (Wildman–Crippen MR) is 217 cm³/mol. The van der Waals surface area contributed by atoms with Crippen molar-refractivity contribution in [2.75, 3.05) is 40.8 Å². The topological polar surface area (TPSA) is 90.9 Å². The SMILES string of the molecule is C=CC[C@H](OC)[C@H]1O[C@]2(C[C@@H](OC(=O)c3ccccc3)[C@H](C)[C@H](CCO[Si](c3ccccc3)(c3ccccc3)C(C)(C)C)O2)C(C)(C)[C@H]1OCOCCOC. The van der Waals surface area contributed by atoms with Crippen LogP contribution in [0.25, 0.3) is 0 Å². The van der Waals surface area contributed by atoms with Gasteiger partial charge in [0.15, 0.2) is 5.79 Å². The largest absolute Gasteiger partial charge is 0.458 e.